The molecule has 0 aliphatic rings. The van der Waals surface area contributed by atoms with E-state index in [0.29, 0.717) is 0 Å². The highest BCUT2D eigenvalue weighted by Gasteiger charge is 1.99. The molecule has 0 N–H and O–H groups in total. The predicted molar refractivity (Wildman–Crippen MR) is 52.6 cm³/mol. The Morgan fingerprint density at radius 1 is 1.00 bits per heavy atom. The highest BCUT2D eigenvalue weighted by Crippen LogP contribution is 2.13. The van der Waals surface area contributed by atoms with Gasteiger partial charge in [0, 0.05) is 0 Å². The molecule has 0 fully saturated rings. The van der Waals surface area contributed by atoms with E-state index in [4.69, 9.17) is 0 Å². The molecule has 0 spiro atoms. The third kappa shape index (κ3) is 5.90. The van der Waals surface area contributed by atoms with Crippen molar-refractivity contribution in [2.24, 2.45) is 5.92 Å². The minimum Gasteiger partial charge on any atom is -0.0917 e. The smallest absolute Gasteiger partial charge is 0.0319 e. The number of hydrogen-bond acceptors (Lipinski definition) is 0. The number of allylic oxidation sites excluding steroid dienone is 4. The first kappa shape index (κ1) is 10.5. The Balaban J connectivity index is 3.57. The molecule has 0 saturated carbocycles. The van der Waals surface area contributed by atoms with E-state index in [0.717, 1.165) is 5.92 Å². The predicted octanol–water partition coefficient (Wildman–Crippen LogP) is 3.95. The Hall–Kier alpha value is -0.520. The molecule has 0 aromatic rings. The third-order valence-electron chi connectivity index (χ3n) is 1.99. The van der Waals surface area contributed by atoms with Gasteiger partial charge in [0.2, 0.25) is 0 Å². The maximum absolute atomic E-state index is 2.26. The quantitative estimate of drug-likeness (QED) is 0.523. The second-order valence-corrected chi connectivity index (χ2v) is 2.88. The van der Waals surface area contributed by atoms with Gasteiger partial charge in [-0.3, -0.25) is 0 Å². The summed E-state index contributed by atoms with van der Waals surface area (Å²) in [5.74, 6) is 0.849. The van der Waals surface area contributed by atoms with Crippen molar-refractivity contribution in [2.45, 2.75) is 40.0 Å². The van der Waals surface area contributed by atoms with E-state index < -0.39 is 0 Å². The lowest BCUT2D eigenvalue weighted by atomic mass is 9.98. The van der Waals surface area contributed by atoms with E-state index in [1.807, 2.05) is 0 Å². The first-order valence-corrected chi connectivity index (χ1v) is 4.57. The monoisotopic (exact) mass is 152 g/mol. The Labute approximate surface area is 71.0 Å². The molecule has 0 heteroatoms. The summed E-state index contributed by atoms with van der Waals surface area (Å²) in [6, 6.07) is 0. The minimum absolute atomic E-state index is 0.849. The van der Waals surface area contributed by atoms with Gasteiger partial charge in [-0.1, -0.05) is 37.6 Å². The van der Waals surface area contributed by atoms with Gasteiger partial charge in [-0.15, -0.1) is 0 Å². The summed E-state index contributed by atoms with van der Waals surface area (Å²) < 4.78 is 0. The van der Waals surface area contributed by atoms with Gasteiger partial charge in [-0.2, -0.15) is 0 Å². The van der Waals surface area contributed by atoms with Gasteiger partial charge in [0.25, 0.3) is 0 Å². The summed E-state index contributed by atoms with van der Waals surface area (Å²) in [5.41, 5.74) is 0. The van der Waals surface area contributed by atoms with Gasteiger partial charge < -0.3 is 0 Å². The largest absolute Gasteiger partial charge is 0.0917 e. The lowest BCUT2D eigenvalue weighted by Crippen LogP contribution is -1.94. The molecule has 0 radical (unpaired) electrons. The summed E-state index contributed by atoms with van der Waals surface area (Å²) >= 11 is 0. The number of rotatable bonds is 5. The average molecular weight is 152 g/mol. The molecule has 0 aromatic heterocycles. The van der Waals surface area contributed by atoms with Crippen LogP contribution in [0.2, 0.25) is 0 Å². The second-order valence-electron chi connectivity index (χ2n) is 2.88. The molecule has 0 rings (SSSR count). The zero-order chi connectivity index (χ0) is 8.53. The molecule has 0 heterocycles. The summed E-state index contributed by atoms with van der Waals surface area (Å²) in [4.78, 5) is 0. The van der Waals surface area contributed by atoms with Crippen LogP contribution in [0.25, 0.3) is 0 Å². The topological polar surface area (TPSA) is 0 Å². The SMILES string of the molecule is C/C=C/CC(CC)C/C=C/C. The van der Waals surface area contributed by atoms with E-state index >= 15 is 0 Å². The maximum Gasteiger partial charge on any atom is -0.0319 e. The Kier molecular flexibility index (Phi) is 7.23. The molecule has 0 atom stereocenters. The molecule has 0 saturated heterocycles. The molecule has 0 aliphatic heterocycles. The fraction of sp³-hybridized carbons (Fsp3) is 0.636. The van der Waals surface area contributed by atoms with Crippen molar-refractivity contribution in [3.8, 4) is 0 Å². The standard InChI is InChI=1S/C11H20/c1-4-7-9-11(6-3)10-8-5-2/h4-5,7-8,11H,6,9-10H2,1-3H3/b7-4+,8-5+. The van der Waals surface area contributed by atoms with Gasteiger partial charge in [0.05, 0.1) is 0 Å². The first-order valence-electron chi connectivity index (χ1n) is 4.57. The first-order chi connectivity index (χ1) is 5.35. The Morgan fingerprint density at radius 2 is 1.45 bits per heavy atom. The zero-order valence-corrected chi connectivity index (χ0v) is 8.01. The van der Waals surface area contributed by atoms with Crippen LogP contribution in [-0.4, -0.2) is 0 Å². The fourth-order valence-corrected chi connectivity index (χ4v) is 1.09. The molecular weight excluding hydrogens is 132 g/mol. The summed E-state index contributed by atoms with van der Waals surface area (Å²) in [7, 11) is 0. The van der Waals surface area contributed by atoms with Crippen molar-refractivity contribution in [1.82, 2.24) is 0 Å². The molecule has 11 heavy (non-hydrogen) atoms. The molecule has 0 bridgehead atoms. The van der Waals surface area contributed by atoms with Crippen molar-refractivity contribution in [3.63, 3.8) is 0 Å². The second kappa shape index (κ2) is 7.59. The lowest BCUT2D eigenvalue weighted by Gasteiger charge is -2.08. The zero-order valence-electron chi connectivity index (χ0n) is 8.01. The summed E-state index contributed by atoms with van der Waals surface area (Å²) in [6.45, 7) is 6.43. The van der Waals surface area contributed by atoms with E-state index in [-0.39, 0.29) is 0 Å². The molecule has 64 valence electrons. The Morgan fingerprint density at radius 3 is 1.73 bits per heavy atom. The van der Waals surface area contributed by atoms with Crippen LogP contribution < -0.4 is 0 Å². The highest BCUT2D eigenvalue weighted by atomic mass is 14.0. The molecular formula is C11H20. The van der Waals surface area contributed by atoms with Crippen LogP contribution in [0.1, 0.15) is 40.0 Å². The van der Waals surface area contributed by atoms with Crippen LogP contribution >= 0.6 is 0 Å². The van der Waals surface area contributed by atoms with Gasteiger partial charge in [-0.05, 0) is 32.6 Å². The highest BCUT2D eigenvalue weighted by molar-refractivity contribution is 4.85. The summed E-state index contributed by atoms with van der Waals surface area (Å²) in [6.07, 6.45) is 12.6. The van der Waals surface area contributed by atoms with Gasteiger partial charge >= 0.3 is 0 Å². The lowest BCUT2D eigenvalue weighted by molar-refractivity contribution is 0.523. The van der Waals surface area contributed by atoms with E-state index in [9.17, 15) is 0 Å². The minimum atomic E-state index is 0.849. The molecule has 0 aromatic carbocycles. The van der Waals surface area contributed by atoms with Crippen LogP contribution in [0.4, 0.5) is 0 Å². The summed E-state index contributed by atoms with van der Waals surface area (Å²) in [5, 5.41) is 0. The van der Waals surface area contributed by atoms with Crippen LogP contribution in [0.5, 0.6) is 0 Å². The molecule has 0 nitrogen and oxygen atoms in total. The fourth-order valence-electron chi connectivity index (χ4n) is 1.09. The number of hydrogen-bond donors (Lipinski definition) is 0. The van der Waals surface area contributed by atoms with Crippen LogP contribution in [0.3, 0.4) is 0 Å². The normalized spacial score (nSPS) is 12.4. The van der Waals surface area contributed by atoms with Crippen LogP contribution in [0.15, 0.2) is 24.3 Å². The average Bonchev–Trinajstić information content (AvgIpc) is 2.05. The maximum atomic E-state index is 2.26. The van der Waals surface area contributed by atoms with Gasteiger partial charge in [-0.25, -0.2) is 0 Å². The van der Waals surface area contributed by atoms with Crippen LogP contribution in [-0.2, 0) is 0 Å². The van der Waals surface area contributed by atoms with Crippen molar-refractivity contribution in [1.29, 1.82) is 0 Å². The van der Waals surface area contributed by atoms with Crippen LogP contribution in [0, 0.1) is 5.92 Å². The molecule has 0 amide bonds. The van der Waals surface area contributed by atoms with E-state index in [1.165, 1.54) is 19.3 Å². The van der Waals surface area contributed by atoms with E-state index in [2.05, 4.69) is 45.1 Å². The Bertz CT molecular complexity index is 106. The van der Waals surface area contributed by atoms with E-state index in [1.54, 1.807) is 0 Å². The van der Waals surface area contributed by atoms with Crippen molar-refractivity contribution in [2.75, 3.05) is 0 Å². The van der Waals surface area contributed by atoms with Gasteiger partial charge in [0.15, 0.2) is 0 Å². The van der Waals surface area contributed by atoms with Crippen molar-refractivity contribution >= 4 is 0 Å². The third-order valence-corrected chi connectivity index (χ3v) is 1.99. The van der Waals surface area contributed by atoms with Crippen molar-refractivity contribution < 1.29 is 0 Å². The molecule has 0 aliphatic carbocycles. The molecule has 0 unspecified atom stereocenters. The van der Waals surface area contributed by atoms with Gasteiger partial charge in [0.1, 0.15) is 0 Å². The van der Waals surface area contributed by atoms with Crippen molar-refractivity contribution in [3.05, 3.63) is 24.3 Å².